The minimum atomic E-state index is -0.924. The highest BCUT2D eigenvalue weighted by molar-refractivity contribution is 6.30. The average molecular weight is 372 g/mol. The van der Waals surface area contributed by atoms with Crippen molar-refractivity contribution in [2.45, 2.75) is 26.9 Å². The third-order valence-electron chi connectivity index (χ3n) is 4.16. The number of halogens is 1. The number of hydrogen-bond donors (Lipinski definition) is 0. The summed E-state index contributed by atoms with van der Waals surface area (Å²) in [5.74, 6) is -0.864. The van der Waals surface area contributed by atoms with Crippen molar-refractivity contribution in [3.8, 4) is 5.69 Å². The van der Waals surface area contributed by atoms with Crippen LogP contribution in [-0.4, -0.2) is 22.4 Å². The fourth-order valence-electron chi connectivity index (χ4n) is 2.89. The van der Waals surface area contributed by atoms with Crippen LogP contribution in [-0.2, 0) is 4.74 Å². The average Bonchev–Trinajstić information content (AvgIpc) is 3.24. The van der Waals surface area contributed by atoms with Gasteiger partial charge in [-0.15, -0.1) is 0 Å². The van der Waals surface area contributed by atoms with Gasteiger partial charge in [0.15, 0.2) is 6.10 Å². The van der Waals surface area contributed by atoms with Crippen molar-refractivity contribution in [2.24, 2.45) is 0 Å². The maximum Gasteiger partial charge on any atom is 0.374 e. The van der Waals surface area contributed by atoms with Crippen LogP contribution in [0.25, 0.3) is 5.69 Å². The van der Waals surface area contributed by atoms with Crippen LogP contribution >= 0.6 is 11.6 Å². The molecule has 0 aliphatic rings. The van der Waals surface area contributed by atoms with E-state index in [9.17, 15) is 9.59 Å². The zero-order valence-corrected chi connectivity index (χ0v) is 15.4. The molecule has 26 heavy (non-hydrogen) atoms. The van der Waals surface area contributed by atoms with Gasteiger partial charge in [-0.25, -0.2) is 4.79 Å². The number of ketones is 1. The van der Waals surface area contributed by atoms with E-state index in [0.29, 0.717) is 10.6 Å². The van der Waals surface area contributed by atoms with Gasteiger partial charge in [-0.3, -0.25) is 4.79 Å². The van der Waals surface area contributed by atoms with Crippen molar-refractivity contribution in [2.75, 3.05) is 0 Å². The summed E-state index contributed by atoms with van der Waals surface area (Å²) in [6.07, 6.45) is 0.454. The predicted molar refractivity (Wildman–Crippen MR) is 98.2 cm³/mol. The molecule has 0 saturated carbocycles. The van der Waals surface area contributed by atoms with Crippen LogP contribution in [0.1, 0.15) is 39.2 Å². The molecule has 0 aliphatic heterocycles. The molecule has 6 heteroatoms. The predicted octanol–water partition coefficient (Wildman–Crippen LogP) is 4.77. The zero-order chi connectivity index (χ0) is 18.8. The van der Waals surface area contributed by atoms with Crippen molar-refractivity contribution >= 4 is 23.4 Å². The summed E-state index contributed by atoms with van der Waals surface area (Å²) in [5.41, 5.74) is 3.09. The van der Waals surface area contributed by atoms with Gasteiger partial charge >= 0.3 is 5.97 Å². The van der Waals surface area contributed by atoms with Gasteiger partial charge in [0.1, 0.15) is 0 Å². The van der Waals surface area contributed by atoms with Crippen molar-refractivity contribution < 1.29 is 18.7 Å². The van der Waals surface area contributed by atoms with Crippen molar-refractivity contribution in [1.29, 1.82) is 0 Å². The molecule has 0 bridgehead atoms. The van der Waals surface area contributed by atoms with Gasteiger partial charge in [-0.05, 0) is 63.2 Å². The first-order chi connectivity index (χ1) is 12.4. The van der Waals surface area contributed by atoms with E-state index in [1.54, 1.807) is 31.2 Å². The number of nitrogens with zero attached hydrogens (tertiary/aromatic N) is 1. The number of aryl methyl sites for hydroxylation is 1. The Bertz CT molecular complexity index is 939. The first-order valence-electron chi connectivity index (χ1n) is 8.12. The fraction of sp³-hybridized carbons (Fsp3) is 0.200. The van der Waals surface area contributed by atoms with Crippen LogP contribution in [0, 0.1) is 13.8 Å². The van der Waals surface area contributed by atoms with Crippen LogP contribution in [0.5, 0.6) is 0 Å². The minimum absolute atomic E-state index is 0.0660. The maximum absolute atomic E-state index is 12.8. The standard InChI is InChI=1S/C20H18ClNO4/c1-12-11-17(13(2)22(12)16-8-6-15(21)7-9-16)19(23)14(3)26-20(24)18-5-4-10-25-18/h4-11,14H,1-3H3/t14-/m0/s1. The highest BCUT2D eigenvalue weighted by atomic mass is 35.5. The molecule has 0 unspecified atom stereocenters. The number of hydrogen-bond acceptors (Lipinski definition) is 4. The molecule has 5 nitrogen and oxygen atoms in total. The SMILES string of the molecule is Cc1cc(C(=O)[C@H](C)OC(=O)c2ccco2)c(C)n1-c1ccc(Cl)cc1. The van der Waals surface area contributed by atoms with Gasteiger partial charge in [0.2, 0.25) is 11.5 Å². The van der Waals surface area contributed by atoms with Crippen LogP contribution in [0.4, 0.5) is 0 Å². The van der Waals surface area contributed by atoms with E-state index in [1.807, 2.05) is 30.5 Å². The number of esters is 1. The van der Waals surface area contributed by atoms with Crippen molar-refractivity contribution in [3.63, 3.8) is 0 Å². The number of furan rings is 1. The number of benzene rings is 1. The van der Waals surface area contributed by atoms with Gasteiger partial charge in [0.25, 0.3) is 0 Å². The molecule has 0 radical (unpaired) electrons. The lowest BCUT2D eigenvalue weighted by molar-refractivity contribution is 0.0289. The topological polar surface area (TPSA) is 61.4 Å². The Morgan fingerprint density at radius 1 is 1.15 bits per heavy atom. The number of carbonyl (C=O) groups is 2. The monoisotopic (exact) mass is 371 g/mol. The van der Waals surface area contributed by atoms with Crippen molar-refractivity contribution in [3.05, 3.63) is 76.5 Å². The Hall–Kier alpha value is -2.79. The van der Waals surface area contributed by atoms with E-state index >= 15 is 0 Å². The maximum atomic E-state index is 12.8. The van der Waals surface area contributed by atoms with E-state index in [4.69, 9.17) is 20.8 Å². The van der Waals surface area contributed by atoms with E-state index in [0.717, 1.165) is 17.1 Å². The summed E-state index contributed by atoms with van der Waals surface area (Å²) >= 11 is 5.95. The Morgan fingerprint density at radius 3 is 2.46 bits per heavy atom. The summed E-state index contributed by atoms with van der Waals surface area (Å²) < 4.78 is 12.2. The molecule has 2 heterocycles. The Balaban J connectivity index is 1.85. The molecule has 0 N–H and O–H groups in total. The molecular formula is C20H18ClNO4. The Labute approximate surface area is 156 Å². The number of aromatic nitrogens is 1. The summed E-state index contributed by atoms with van der Waals surface area (Å²) in [4.78, 5) is 24.8. The highest BCUT2D eigenvalue weighted by Gasteiger charge is 2.25. The summed E-state index contributed by atoms with van der Waals surface area (Å²) in [6, 6.07) is 12.2. The molecule has 1 aromatic carbocycles. The zero-order valence-electron chi connectivity index (χ0n) is 14.7. The largest absolute Gasteiger partial charge is 0.457 e. The summed E-state index contributed by atoms with van der Waals surface area (Å²) in [6.45, 7) is 5.32. The van der Waals surface area contributed by atoms with E-state index in [1.165, 1.54) is 12.3 Å². The second kappa shape index (κ2) is 7.22. The van der Waals surface area contributed by atoms with Crippen LogP contribution in [0.15, 0.2) is 53.1 Å². The molecule has 0 amide bonds. The van der Waals surface area contributed by atoms with Crippen LogP contribution in [0.3, 0.4) is 0 Å². The number of ether oxygens (including phenoxy) is 1. The van der Waals surface area contributed by atoms with Gasteiger partial charge in [0.05, 0.1) is 6.26 Å². The molecular weight excluding hydrogens is 354 g/mol. The Morgan fingerprint density at radius 2 is 1.85 bits per heavy atom. The minimum Gasteiger partial charge on any atom is -0.457 e. The molecule has 1 atom stereocenters. The molecule has 3 rings (SSSR count). The normalized spacial score (nSPS) is 12.0. The van der Waals surface area contributed by atoms with Gasteiger partial charge in [-0.1, -0.05) is 11.6 Å². The number of rotatable bonds is 5. The van der Waals surface area contributed by atoms with Crippen LogP contribution < -0.4 is 0 Å². The Kier molecular flexibility index (Phi) is 5.00. The molecule has 0 fully saturated rings. The second-order valence-electron chi connectivity index (χ2n) is 5.99. The highest BCUT2D eigenvalue weighted by Crippen LogP contribution is 2.24. The van der Waals surface area contributed by atoms with Gasteiger partial charge in [-0.2, -0.15) is 0 Å². The number of carbonyl (C=O) groups excluding carboxylic acids is 2. The van der Waals surface area contributed by atoms with Crippen molar-refractivity contribution in [1.82, 2.24) is 4.57 Å². The molecule has 2 aromatic heterocycles. The van der Waals surface area contributed by atoms with E-state index in [-0.39, 0.29) is 11.5 Å². The molecule has 0 saturated heterocycles. The third kappa shape index (κ3) is 3.44. The smallest absolute Gasteiger partial charge is 0.374 e. The summed E-state index contributed by atoms with van der Waals surface area (Å²) in [5, 5.41) is 0.644. The molecule has 3 aromatic rings. The second-order valence-corrected chi connectivity index (χ2v) is 6.42. The van der Waals surface area contributed by atoms with Gasteiger partial charge < -0.3 is 13.7 Å². The lowest BCUT2D eigenvalue weighted by Crippen LogP contribution is -2.24. The summed E-state index contributed by atoms with van der Waals surface area (Å²) in [7, 11) is 0. The fourth-order valence-corrected chi connectivity index (χ4v) is 3.01. The lowest BCUT2D eigenvalue weighted by Gasteiger charge is -2.12. The van der Waals surface area contributed by atoms with E-state index in [2.05, 4.69) is 0 Å². The first kappa shape index (κ1) is 18.0. The lowest BCUT2D eigenvalue weighted by atomic mass is 10.1. The molecule has 0 aliphatic carbocycles. The number of Topliss-reactive ketones (excluding diaryl/α,β-unsaturated/α-hetero) is 1. The first-order valence-corrected chi connectivity index (χ1v) is 8.50. The molecule has 0 spiro atoms. The van der Waals surface area contributed by atoms with E-state index < -0.39 is 12.1 Å². The third-order valence-corrected chi connectivity index (χ3v) is 4.41. The van der Waals surface area contributed by atoms with Gasteiger partial charge in [0, 0.05) is 27.7 Å². The van der Waals surface area contributed by atoms with Crippen LogP contribution in [0.2, 0.25) is 5.02 Å². The molecule has 134 valence electrons. The quantitative estimate of drug-likeness (QED) is 0.478.